The number of hydrogen-bond donors (Lipinski definition) is 1. The van der Waals surface area contributed by atoms with Crippen LogP contribution in [0.3, 0.4) is 0 Å². The summed E-state index contributed by atoms with van der Waals surface area (Å²) in [5.41, 5.74) is -0.430. The molecular formula is C23H30O8. The highest BCUT2D eigenvalue weighted by Crippen LogP contribution is 2.37. The van der Waals surface area contributed by atoms with E-state index in [0.29, 0.717) is 18.6 Å². The predicted octanol–water partition coefficient (Wildman–Crippen LogP) is 3.09. The van der Waals surface area contributed by atoms with Gasteiger partial charge < -0.3 is 23.7 Å². The van der Waals surface area contributed by atoms with Crippen LogP contribution in [-0.4, -0.2) is 49.8 Å². The molecular weight excluding hydrogens is 404 g/mol. The van der Waals surface area contributed by atoms with Crippen molar-refractivity contribution in [2.45, 2.75) is 51.2 Å². The van der Waals surface area contributed by atoms with Crippen LogP contribution in [0.1, 0.15) is 61.1 Å². The fraction of sp³-hybridized carbons (Fsp3) is 0.522. The van der Waals surface area contributed by atoms with Crippen molar-refractivity contribution in [1.82, 2.24) is 0 Å². The molecule has 31 heavy (non-hydrogen) atoms. The smallest absolute Gasteiger partial charge is 0.341 e. The van der Waals surface area contributed by atoms with Crippen molar-refractivity contribution in [1.29, 1.82) is 0 Å². The zero-order chi connectivity index (χ0) is 23.3. The molecule has 0 aromatic carbocycles. The average molecular weight is 434 g/mol. The molecule has 0 aliphatic carbocycles. The summed E-state index contributed by atoms with van der Waals surface area (Å²) >= 11 is 0. The molecule has 0 fully saturated rings. The number of esters is 2. The van der Waals surface area contributed by atoms with Gasteiger partial charge in [0.1, 0.15) is 34.6 Å². The quantitative estimate of drug-likeness (QED) is 0.568. The average Bonchev–Trinajstić information content (AvgIpc) is 3.11. The van der Waals surface area contributed by atoms with Gasteiger partial charge in [0.25, 0.3) is 0 Å². The first-order valence-electron chi connectivity index (χ1n) is 9.94. The number of hydrogen-bond acceptors (Lipinski definition) is 8. The number of Topliss-reactive ketones (excluding diaryl/α,β-unsaturated/α-hetero) is 1. The van der Waals surface area contributed by atoms with Gasteiger partial charge in [-0.3, -0.25) is 4.79 Å². The van der Waals surface area contributed by atoms with Crippen LogP contribution in [0.5, 0.6) is 0 Å². The van der Waals surface area contributed by atoms with Gasteiger partial charge in [0.05, 0.1) is 14.2 Å². The highest BCUT2D eigenvalue weighted by Gasteiger charge is 2.39. The summed E-state index contributed by atoms with van der Waals surface area (Å²) in [5.74, 6) is -1.19. The zero-order valence-electron chi connectivity index (χ0n) is 18.6. The lowest BCUT2D eigenvalue weighted by Gasteiger charge is -2.30. The lowest BCUT2D eigenvalue weighted by molar-refractivity contribution is -0.139. The molecule has 0 spiro atoms. The minimum absolute atomic E-state index is 0.181. The van der Waals surface area contributed by atoms with Gasteiger partial charge in [0, 0.05) is 31.9 Å². The van der Waals surface area contributed by atoms with Crippen LogP contribution in [0.4, 0.5) is 0 Å². The fourth-order valence-electron chi connectivity index (χ4n) is 3.78. The molecule has 1 N–H and O–H groups in total. The molecule has 1 aromatic heterocycles. The Morgan fingerprint density at radius 2 is 1.87 bits per heavy atom. The number of methoxy groups -OCH3 is 3. The Morgan fingerprint density at radius 1 is 1.23 bits per heavy atom. The second-order valence-corrected chi connectivity index (χ2v) is 8.05. The SMILES string of the molecule is C=C(C)[C@@H]1C/C=C(/C(=O)OC)CC(=O)C[C@](C)(O)[C@@H](OC)c2cc(C(=O)OC)c(o2)C1. The zero-order valence-corrected chi connectivity index (χ0v) is 18.6. The maximum absolute atomic E-state index is 12.7. The molecule has 1 aliphatic rings. The summed E-state index contributed by atoms with van der Waals surface area (Å²) < 4.78 is 21.1. The Morgan fingerprint density at radius 3 is 2.42 bits per heavy atom. The fourth-order valence-corrected chi connectivity index (χ4v) is 3.78. The van der Waals surface area contributed by atoms with Gasteiger partial charge in [-0.2, -0.15) is 0 Å². The molecule has 2 bridgehead atoms. The van der Waals surface area contributed by atoms with Crippen molar-refractivity contribution in [3.05, 3.63) is 47.0 Å². The Bertz CT molecular complexity index is 889. The molecule has 0 radical (unpaired) electrons. The second-order valence-electron chi connectivity index (χ2n) is 8.05. The summed E-state index contributed by atoms with van der Waals surface area (Å²) in [4.78, 5) is 37.3. The van der Waals surface area contributed by atoms with Crippen LogP contribution in [0.15, 0.2) is 34.3 Å². The minimum atomic E-state index is -1.66. The summed E-state index contributed by atoms with van der Waals surface area (Å²) in [7, 11) is 3.88. The third-order valence-corrected chi connectivity index (χ3v) is 5.46. The molecule has 170 valence electrons. The summed E-state index contributed by atoms with van der Waals surface area (Å²) in [6.07, 6.45) is 0.824. The third-order valence-electron chi connectivity index (χ3n) is 5.46. The van der Waals surface area contributed by atoms with E-state index in [9.17, 15) is 19.5 Å². The Kier molecular flexibility index (Phi) is 7.97. The molecule has 0 amide bonds. The molecule has 0 saturated heterocycles. The van der Waals surface area contributed by atoms with Gasteiger partial charge in [-0.05, 0) is 32.3 Å². The number of aliphatic hydroxyl groups is 1. The van der Waals surface area contributed by atoms with E-state index in [1.165, 1.54) is 34.3 Å². The van der Waals surface area contributed by atoms with Crippen LogP contribution in [0.25, 0.3) is 0 Å². The molecule has 0 saturated carbocycles. The molecule has 8 nitrogen and oxygen atoms in total. The summed E-state index contributed by atoms with van der Waals surface area (Å²) in [6.45, 7) is 7.29. The molecule has 2 heterocycles. The second kappa shape index (κ2) is 10.1. The number of fused-ring (bicyclic) bond motifs is 2. The Hall–Kier alpha value is -2.71. The summed E-state index contributed by atoms with van der Waals surface area (Å²) in [6, 6.07) is 1.48. The first-order valence-corrected chi connectivity index (χ1v) is 9.94. The molecule has 2 rings (SSSR count). The van der Waals surface area contributed by atoms with Crippen LogP contribution in [-0.2, 0) is 30.2 Å². The van der Waals surface area contributed by atoms with E-state index < -0.39 is 23.6 Å². The molecule has 3 atom stereocenters. The van der Waals surface area contributed by atoms with Crippen LogP contribution in [0.2, 0.25) is 0 Å². The number of carbonyl (C=O) groups is 3. The first-order chi connectivity index (χ1) is 14.5. The van der Waals surface area contributed by atoms with Crippen molar-refractivity contribution in [2.75, 3.05) is 21.3 Å². The number of rotatable bonds is 4. The van der Waals surface area contributed by atoms with Gasteiger partial charge >= 0.3 is 11.9 Å². The molecule has 1 aromatic rings. The van der Waals surface area contributed by atoms with Crippen molar-refractivity contribution >= 4 is 17.7 Å². The highest BCUT2D eigenvalue weighted by atomic mass is 16.5. The van der Waals surface area contributed by atoms with Crippen molar-refractivity contribution in [3.63, 3.8) is 0 Å². The number of ketones is 1. The van der Waals surface area contributed by atoms with E-state index in [1.54, 1.807) is 6.08 Å². The van der Waals surface area contributed by atoms with Crippen LogP contribution >= 0.6 is 0 Å². The maximum atomic E-state index is 12.7. The Balaban J connectivity index is 2.64. The van der Waals surface area contributed by atoms with Crippen LogP contribution < -0.4 is 0 Å². The van der Waals surface area contributed by atoms with Crippen molar-refractivity contribution in [3.8, 4) is 0 Å². The largest absolute Gasteiger partial charge is 0.466 e. The van der Waals surface area contributed by atoms with Gasteiger partial charge in [-0.1, -0.05) is 18.2 Å². The van der Waals surface area contributed by atoms with Crippen LogP contribution in [0, 0.1) is 5.92 Å². The van der Waals surface area contributed by atoms with Gasteiger partial charge in [-0.15, -0.1) is 0 Å². The van der Waals surface area contributed by atoms with E-state index >= 15 is 0 Å². The molecule has 8 heteroatoms. The number of carbonyl (C=O) groups excluding carboxylic acids is 3. The Labute approximate surface area is 181 Å². The number of ether oxygens (including phenoxy) is 3. The van der Waals surface area contributed by atoms with E-state index in [2.05, 4.69) is 6.58 Å². The third kappa shape index (κ3) is 5.71. The van der Waals surface area contributed by atoms with Crippen molar-refractivity contribution in [2.24, 2.45) is 5.92 Å². The van der Waals surface area contributed by atoms with Gasteiger partial charge in [0.15, 0.2) is 0 Å². The van der Waals surface area contributed by atoms with E-state index in [1.807, 2.05) is 6.92 Å². The normalized spacial score (nSPS) is 26.5. The lowest BCUT2D eigenvalue weighted by Crippen LogP contribution is -2.36. The first kappa shape index (κ1) is 24.6. The van der Waals surface area contributed by atoms with Gasteiger partial charge in [-0.25, -0.2) is 9.59 Å². The lowest BCUT2D eigenvalue weighted by atomic mass is 9.87. The summed E-state index contributed by atoms with van der Waals surface area (Å²) in [5, 5.41) is 11.0. The van der Waals surface area contributed by atoms with E-state index in [4.69, 9.17) is 18.6 Å². The van der Waals surface area contributed by atoms with E-state index in [-0.39, 0.29) is 41.4 Å². The number of allylic oxidation sites excluding steroid dienone is 2. The molecule has 0 unspecified atom stereocenters. The topological polar surface area (TPSA) is 112 Å². The van der Waals surface area contributed by atoms with E-state index in [0.717, 1.165) is 5.57 Å². The van der Waals surface area contributed by atoms with Gasteiger partial charge in [0.2, 0.25) is 0 Å². The monoisotopic (exact) mass is 434 g/mol. The number of furan rings is 1. The highest BCUT2D eigenvalue weighted by molar-refractivity contribution is 5.96. The van der Waals surface area contributed by atoms with Crippen molar-refractivity contribution < 1.29 is 38.1 Å². The molecule has 1 aliphatic heterocycles. The minimum Gasteiger partial charge on any atom is -0.466 e. The standard InChI is InChI=1S/C23H30O8/c1-13(2)14-7-8-15(21(25)29-5)9-16(24)12-23(3,27)20(28-4)19-11-17(22(26)30-6)18(10-14)31-19/h8,11,14,20,27H,1,7,9-10,12H2,2-6H3/b15-8+/t14-,20+,23+/m1/s1. The maximum Gasteiger partial charge on any atom is 0.341 e. The predicted molar refractivity (Wildman–Crippen MR) is 111 cm³/mol.